The van der Waals surface area contributed by atoms with Crippen LogP contribution in [0.1, 0.15) is 16.7 Å². The average molecular weight is 277 g/mol. The van der Waals surface area contributed by atoms with Crippen LogP contribution in [0.25, 0.3) is 0 Å². The van der Waals surface area contributed by atoms with Gasteiger partial charge in [-0.3, -0.25) is 0 Å². The molecule has 0 radical (unpaired) electrons. The van der Waals surface area contributed by atoms with Gasteiger partial charge in [0.2, 0.25) is 0 Å². The summed E-state index contributed by atoms with van der Waals surface area (Å²) in [7, 11) is 0. The van der Waals surface area contributed by atoms with Gasteiger partial charge in [-0.1, -0.05) is 42.0 Å². The molecule has 0 aliphatic heterocycles. The topological polar surface area (TPSA) is 29.9 Å². The van der Waals surface area contributed by atoms with Crippen LogP contribution in [-0.4, -0.2) is 9.55 Å². The number of imidazole rings is 1. The maximum Gasteiger partial charge on any atom is 0.0949 e. The second kappa shape index (κ2) is 6.27. The number of nitrogens with zero attached hydrogens (tertiary/aromatic N) is 2. The first kappa shape index (κ1) is 13.4. The summed E-state index contributed by atoms with van der Waals surface area (Å²) in [6.45, 7) is 3.80. The van der Waals surface area contributed by atoms with Gasteiger partial charge in [0.25, 0.3) is 0 Å². The van der Waals surface area contributed by atoms with Crippen molar-refractivity contribution in [2.75, 3.05) is 5.32 Å². The van der Waals surface area contributed by atoms with Crippen molar-refractivity contribution in [3.8, 4) is 0 Å². The molecule has 3 aromatic rings. The molecular weight excluding hydrogens is 258 g/mol. The minimum atomic E-state index is 0.842. The highest BCUT2D eigenvalue weighted by Gasteiger charge is 1.98. The summed E-state index contributed by atoms with van der Waals surface area (Å²) >= 11 is 0. The fourth-order valence-corrected chi connectivity index (χ4v) is 2.28. The lowest BCUT2D eigenvalue weighted by Crippen LogP contribution is -2.01. The van der Waals surface area contributed by atoms with Gasteiger partial charge in [-0.25, -0.2) is 4.98 Å². The Balaban J connectivity index is 1.64. The Morgan fingerprint density at radius 2 is 1.90 bits per heavy atom. The Bertz CT molecular complexity index is 685. The van der Waals surface area contributed by atoms with E-state index in [1.807, 2.05) is 12.5 Å². The molecule has 0 aliphatic rings. The van der Waals surface area contributed by atoms with Gasteiger partial charge in [0.05, 0.1) is 6.33 Å². The van der Waals surface area contributed by atoms with Crippen LogP contribution >= 0.6 is 0 Å². The maximum absolute atomic E-state index is 4.07. The normalized spacial score (nSPS) is 10.5. The number of nitrogens with one attached hydrogen (secondary N) is 1. The molecule has 3 heteroatoms. The van der Waals surface area contributed by atoms with Crippen molar-refractivity contribution in [2.45, 2.75) is 20.0 Å². The molecule has 0 bridgehead atoms. The number of benzene rings is 2. The van der Waals surface area contributed by atoms with Crippen molar-refractivity contribution in [1.29, 1.82) is 0 Å². The van der Waals surface area contributed by atoms with Gasteiger partial charge in [0, 0.05) is 31.2 Å². The van der Waals surface area contributed by atoms with Crippen molar-refractivity contribution in [3.63, 3.8) is 0 Å². The van der Waals surface area contributed by atoms with E-state index in [4.69, 9.17) is 0 Å². The monoisotopic (exact) mass is 277 g/mol. The molecule has 3 nitrogen and oxygen atoms in total. The van der Waals surface area contributed by atoms with Gasteiger partial charge in [-0.15, -0.1) is 0 Å². The molecule has 3 rings (SSSR count). The van der Waals surface area contributed by atoms with E-state index in [2.05, 4.69) is 70.3 Å². The van der Waals surface area contributed by atoms with Crippen molar-refractivity contribution in [3.05, 3.63) is 83.9 Å². The molecule has 0 atom stereocenters. The first-order valence-corrected chi connectivity index (χ1v) is 7.14. The highest BCUT2D eigenvalue weighted by Crippen LogP contribution is 2.13. The largest absolute Gasteiger partial charge is 0.381 e. The lowest BCUT2D eigenvalue weighted by Gasteiger charge is -2.09. The van der Waals surface area contributed by atoms with Crippen molar-refractivity contribution < 1.29 is 0 Å². The third kappa shape index (κ3) is 3.72. The standard InChI is InChI=1S/C18H19N3/c1-15-5-7-16(8-6-15)12-20-18-4-2-3-17(11-18)13-21-10-9-19-14-21/h2-11,14,20H,12-13H2,1H3. The number of hydrogen-bond donors (Lipinski definition) is 1. The van der Waals surface area contributed by atoms with E-state index in [0.29, 0.717) is 0 Å². The molecule has 0 amide bonds. The summed E-state index contributed by atoms with van der Waals surface area (Å²) in [5, 5.41) is 3.48. The highest BCUT2D eigenvalue weighted by molar-refractivity contribution is 5.46. The Labute approximate surface area is 125 Å². The fraction of sp³-hybridized carbons (Fsp3) is 0.167. The Kier molecular flexibility index (Phi) is 4.01. The van der Waals surface area contributed by atoms with E-state index in [9.17, 15) is 0 Å². The molecule has 0 saturated carbocycles. The minimum Gasteiger partial charge on any atom is -0.381 e. The summed E-state index contributed by atoms with van der Waals surface area (Å²) in [5.74, 6) is 0. The SMILES string of the molecule is Cc1ccc(CNc2cccc(Cn3ccnc3)c2)cc1. The van der Waals surface area contributed by atoms with Crippen LogP contribution in [0.4, 0.5) is 5.69 Å². The first-order valence-electron chi connectivity index (χ1n) is 7.14. The van der Waals surface area contributed by atoms with Crippen LogP contribution < -0.4 is 5.32 Å². The summed E-state index contributed by atoms with van der Waals surface area (Å²) in [6, 6.07) is 17.1. The van der Waals surface area contributed by atoms with Crippen LogP contribution in [0.2, 0.25) is 0 Å². The molecule has 1 aromatic heterocycles. The number of hydrogen-bond acceptors (Lipinski definition) is 2. The number of anilines is 1. The van der Waals surface area contributed by atoms with Gasteiger partial charge >= 0.3 is 0 Å². The third-order valence-electron chi connectivity index (χ3n) is 3.47. The zero-order chi connectivity index (χ0) is 14.5. The summed E-state index contributed by atoms with van der Waals surface area (Å²) in [5.41, 5.74) is 5.00. The smallest absolute Gasteiger partial charge is 0.0949 e. The van der Waals surface area contributed by atoms with Crippen LogP contribution in [0.3, 0.4) is 0 Å². The Morgan fingerprint density at radius 1 is 1.05 bits per heavy atom. The van der Waals surface area contributed by atoms with Crippen LogP contribution in [0.5, 0.6) is 0 Å². The van der Waals surface area contributed by atoms with E-state index in [1.54, 1.807) is 6.20 Å². The van der Waals surface area contributed by atoms with Crippen LogP contribution in [0.15, 0.2) is 67.3 Å². The van der Waals surface area contributed by atoms with Crippen molar-refractivity contribution in [2.24, 2.45) is 0 Å². The predicted octanol–water partition coefficient (Wildman–Crippen LogP) is 3.85. The first-order chi connectivity index (χ1) is 10.3. The number of aromatic nitrogens is 2. The molecule has 0 fully saturated rings. The van der Waals surface area contributed by atoms with Crippen LogP contribution in [0, 0.1) is 6.92 Å². The molecule has 0 spiro atoms. The van der Waals surface area contributed by atoms with E-state index in [0.717, 1.165) is 18.8 Å². The minimum absolute atomic E-state index is 0.842. The lowest BCUT2D eigenvalue weighted by molar-refractivity contribution is 0.797. The summed E-state index contributed by atoms with van der Waals surface area (Å²) < 4.78 is 2.07. The summed E-state index contributed by atoms with van der Waals surface area (Å²) in [6.07, 6.45) is 5.62. The second-order valence-electron chi connectivity index (χ2n) is 5.27. The molecule has 2 aromatic carbocycles. The Hall–Kier alpha value is -2.55. The van der Waals surface area contributed by atoms with Crippen LogP contribution in [-0.2, 0) is 13.1 Å². The van der Waals surface area contributed by atoms with Gasteiger partial charge in [-0.2, -0.15) is 0 Å². The zero-order valence-corrected chi connectivity index (χ0v) is 12.2. The molecule has 0 unspecified atom stereocenters. The quantitative estimate of drug-likeness (QED) is 0.767. The van der Waals surface area contributed by atoms with E-state index >= 15 is 0 Å². The molecule has 1 N–H and O–H groups in total. The molecule has 0 saturated heterocycles. The van der Waals surface area contributed by atoms with Gasteiger partial charge < -0.3 is 9.88 Å². The number of rotatable bonds is 5. The van der Waals surface area contributed by atoms with E-state index in [1.165, 1.54) is 16.7 Å². The lowest BCUT2D eigenvalue weighted by atomic mass is 10.1. The number of aryl methyl sites for hydroxylation is 1. The van der Waals surface area contributed by atoms with Gasteiger partial charge in [0.1, 0.15) is 0 Å². The van der Waals surface area contributed by atoms with Crippen molar-refractivity contribution >= 4 is 5.69 Å². The summed E-state index contributed by atoms with van der Waals surface area (Å²) in [4.78, 5) is 4.07. The van der Waals surface area contributed by atoms with Gasteiger partial charge in [-0.05, 0) is 30.2 Å². The maximum atomic E-state index is 4.07. The Morgan fingerprint density at radius 3 is 2.67 bits per heavy atom. The molecule has 0 aliphatic carbocycles. The molecule has 21 heavy (non-hydrogen) atoms. The zero-order valence-electron chi connectivity index (χ0n) is 12.2. The fourth-order valence-electron chi connectivity index (χ4n) is 2.28. The average Bonchev–Trinajstić information content (AvgIpc) is 3.00. The van der Waals surface area contributed by atoms with Crippen molar-refractivity contribution in [1.82, 2.24) is 9.55 Å². The van der Waals surface area contributed by atoms with E-state index < -0.39 is 0 Å². The van der Waals surface area contributed by atoms with Gasteiger partial charge in [0.15, 0.2) is 0 Å². The molecular formula is C18H19N3. The van der Waals surface area contributed by atoms with E-state index in [-0.39, 0.29) is 0 Å². The molecule has 106 valence electrons. The second-order valence-corrected chi connectivity index (χ2v) is 5.27. The predicted molar refractivity (Wildman–Crippen MR) is 86.3 cm³/mol. The highest BCUT2D eigenvalue weighted by atomic mass is 15.0. The molecule has 1 heterocycles. The third-order valence-corrected chi connectivity index (χ3v) is 3.47.